The zero-order chi connectivity index (χ0) is 10.7. The van der Waals surface area contributed by atoms with E-state index >= 15 is 0 Å². The van der Waals surface area contributed by atoms with Crippen molar-refractivity contribution >= 4 is 11.9 Å². The summed E-state index contributed by atoms with van der Waals surface area (Å²) in [6.45, 7) is 0. The molecule has 0 aromatic rings. The summed E-state index contributed by atoms with van der Waals surface area (Å²) < 4.78 is 0. The Morgan fingerprint density at radius 2 is 2.43 bits per heavy atom. The van der Waals surface area contributed by atoms with Gasteiger partial charge < -0.3 is 5.11 Å². The van der Waals surface area contributed by atoms with Gasteiger partial charge in [-0.15, -0.1) is 0 Å². The highest BCUT2D eigenvalue weighted by atomic mass is 16.6. The van der Waals surface area contributed by atoms with Crippen LogP contribution in [-0.2, 0) is 4.79 Å². The van der Waals surface area contributed by atoms with Crippen LogP contribution in [0.3, 0.4) is 0 Å². The fraction of sp³-hybridized carbons (Fsp3) is 0.400. The number of aliphatic hydroxyl groups excluding tert-OH is 1. The molecule has 1 heterocycles. The van der Waals surface area contributed by atoms with Crippen molar-refractivity contribution in [3.05, 3.63) is 10.1 Å². The van der Waals surface area contributed by atoms with Crippen molar-refractivity contribution in [2.45, 2.75) is 12.3 Å². The first-order valence-corrected chi connectivity index (χ1v) is 3.41. The van der Waals surface area contributed by atoms with Crippen molar-refractivity contribution in [3.63, 3.8) is 0 Å². The summed E-state index contributed by atoms with van der Waals surface area (Å²) in [6, 6.07) is -1.83. The van der Waals surface area contributed by atoms with Gasteiger partial charge in [-0.25, -0.2) is 4.99 Å². The second-order valence-electron chi connectivity index (χ2n) is 2.35. The third kappa shape index (κ3) is 1.75. The molecule has 0 aliphatic carbocycles. The number of nitrogens with zero attached hydrogens (tertiary/aromatic N) is 3. The summed E-state index contributed by atoms with van der Waals surface area (Å²) in [5, 5.41) is 31.4. The van der Waals surface area contributed by atoms with Crippen LogP contribution in [0.2, 0.25) is 0 Å². The lowest BCUT2D eigenvalue weighted by molar-refractivity contribution is -0.519. The van der Waals surface area contributed by atoms with E-state index in [4.69, 9.17) is 10.4 Å². The highest BCUT2D eigenvalue weighted by molar-refractivity contribution is 6.01. The lowest BCUT2D eigenvalue weighted by Gasteiger charge is -2.18. The molecule has 0 unspecified atom stereocenters. The van der Waals surface area contributed by atoms with Crippen LogP contribution in [-0.4, -0.2) is 34.2 Å². The number of carbonyl (C=O) groups excluding carboxylic acids is 1. The summed E-state index contributed by atoms with van der Waals surface area (Å²) in [5.74, 6) is -1.32. The Balaban J connectivity index is 2.87. The van der Waals surface area contributed by atoms with E-state index in [0.717, 1.165) is 0 Å². The minimum absolute atomic E-state index is 0.303. The average molecular weight is 199 g/mol. The third-order valence-corrected chi connectivity index (χ3v) is 1.46. The molecule has 0 saturated heterocycles. The van der Waals surface area contributed by atoms with E-state index in [1.807, 2.05) is 10.6 Å². The minimum Gasteiger partial charge on any atom is -0.366 e. The molecule has 9 nitrogen and oxygen atoms in total. The van der Waals surface area contributed by atoms with Crippen LogP contribution < -0.4 is 10.6 Å². The Morgan fingerprint density at radius 1 is 1.79 bits per heavy atom. The Hall–Kier alpha value is -2.21. The fourth-order valence-corrected chi connectivity index (χ4v) is 0.882. The topological polar surface area (TPSA) is 141 Å². The highest BCUT2D eigenvalue weighted by Gasteiger charge is 2.41. The van der Waals surface area contributed by atoms with Gasteiger partial charge in [0.1, 0.15) is 0 Å². The molecule has 0 aromatic carbocycles. The Morgan fingerprint density at radius 3 is 2.86 bits per heavy atom. The van der Waals surface area contributed by atoms with Crippen LogP contribution in [0.15, 0.2) is 4.99 Å². The predicted molar refractivity (Wildman–Crippen MR) is 41.1 cm³/mol. The maximum absolute atomic E-state index is 11.0. The number of nitrogens with one attached hydrogen (secondary N) is 2. The van der Waals surface area contributed by atoms with Crippen molar-refractivity contribution in [1.29, 1.82) is 5.26 Å². The van der Waals surface area contributed by atoms with Gasteiger partial charge in [0.05, 0.1) is 0 Å². The van der Waals surface area contributed by atoms with Gasteiger partial charge in [0.2, 0.25) is 12.2 Å². The first kappa shape index (κ1) is 9.87. The van der Waals surface area contributed by atoms with Crippen LogP contribution >= 0.6 is 0 Å². The van der Waals surface area contributed by atoms with Gasteiger partial charge in [0.25, 0.3) is 0 Å². The Labute approximate surface area is 77.2 Å². The summed E-state index contributed by atoms with van der Waals surface area (Å²) in [6.07, 6.45) is -0.337. The first-order chi connectivity index (χ1) is 6.56. The number of hydrogen-bond donors (Lipinski definition) is 3. The molecule has 0 spiro atoms. The van der Waals surface area contributed by atoms with E-state index in [9.17, 15) is 14.9 Å². The van der Waals surface area contributed by atoms with Gasteiger partial charge in [-0.3, -0.25) is 25.5 Å². The highest BCUT2D eigenvalue weighted by Crippen LogP contribution is 2.04. The third-order valence-electron chi connectivity index (χ3n) is 1.46. The van der Waals surface area contributed by atoms with Gasteiger partial charge in [-0.2, -0.15) is 5.26 Å². The molecule has 14 heavy (non-hydrogen) atoms. The zero-order valence-electron chi connectivity index (χ0n) is 6.67. The van der Waals surface area contributed by atoms with Crippen molar-refractivity contribution < 1.29 is 14.8 Å². The van der Waals surface area contributed by atoms with E-state index in [1.165, 1.54) is 6.19 Å². The molecule has 0 bridgehead atoms. The van der Waals surface area contributed by atoms with Gasteiger partial charge in [-0.1, -0.05) is 0 Å². The van der Waals surface area contributed by atoms with Crippen molar-refractivity contribution in [2.24, 2.45) is 4.99 Å². The van der Waals surface area contributed by atoms with E-state index in [2.05, 4.69) is 4.99 Å². The van der Waals surface area contributed by atoms with E-state index in [0.29, 0.717) is 0 Å². The number of nitro groups is 1. The number of aliphatic imine (C=N–C) groups is 1. The average Bonchev–Trinajstić information content (AvgIpc) is 2.01. The number of nitriles is 1. The number of carbonyl (C=O) groups is 1. The van der Waals surface area contributed by atoms with Crippen LogP contribution in [0.1, 0.15) is 0 Å². The SMILES string of the molecule is N#CNC1=N[C@@H](O)[C@H]([N+](=O)[O-])C(=O)N1. The monoisotopic (exact) mass is 199 g/mol. The Kier molecular flexibility index (Phi) is 2.59. The summed E-state index contributed by atoms with van der Waals surface area (Å²) >= 11 is 0. The van der Waals surface area contributed by atoms with Gasteiger partial charge >= 0.3 is 11.9 Å². The molecule has 2 atom stereocenters. The molecule has 0 radical (unpaired) electrons. The molecule has 9 heteroatoms. The maximum Gasteiger partial charge on any atom is 0.335 e. The standard InChI is InChI=1S/C5H5N5O4/c6-1-7-5-8-3(11)2(10(13)14)4(12)9-5/h2-3,11H,(H2,7,8,9,12)/t2-,3-/m0/s1. The van der Waals surface area contributed by atoms with Crippen molar-refractivity contribution in [2.75, 3.05) is 0 Å². The van der Waals surface area contributed by atoms with E-state index < -0.39 is 23.1 Å². The van der Waals surface area contributed by atoms with Crippen LogP contribution in [0.25, 0.3) is 0 Å². The largest absolute Gasteiger partial charge is 0.366 e. The number of rotatable bonds is 1. The van der Waals surface area contributed by atoms with Crippen LogP contribution in [0, 0.1) is 21.6 Å². The second-order valence-corrected chi connectivity index (χ2v) is 2.35. The van der Waals surface area contributed by atoms with E-state index in [1.54, 1.807) is 0 Å². The number of amides is 1. The van der Waals surface area contributed by atoms with Gasteiger partial charge in [0.15, 0.2) is 6.19 Å². The smallest absolute Gasteiger partial charge is 0.335 e. The van der Waals surface area contributed by atoms with Crippen LogP contribution in [0.4, 0.5) is 0 Å². The molecule has 3 N–H and O–H groups in total. The molecule has 0 saturated carbocycles. The van der Waals surface area contributed by atoms with Crippen molar-refractivity contribution in [3.8, 4) is 6.19 Å². The number of hydrogen-bond acceptors (Lipinski definition) is 7. The molecular weight excluding hydrogens is 194 g/mol. The predicted octanol–water partition coefficient (Wildman–Crippen LogP) is -2.49. The second kappa shape index (κ2) is 3.67. The maximum atomic E-state index is 11.0. The quantitative estimate of drug-likeness (QED) is 0.184. The van der Waals surface area contributed by atoms with Gasteiger partial charge in [-0.05, 0) is 0 Å². The molecule has 0 fully saturated rings. The number of guanidine groups is 1. The van der Waals surface area contributed by atoms with Gasteiger partial charge in [0, 0.05) is 4.92 Å². The van der Waals surface area contributed by atoms with Crippen molar-refractivity contribution in [1.82, 2.24) is 10.6 Å². The lowest BCUT2D eigenvalue weighted by Crippen LogP contribution is -2.55. The summed E-state index contributed by atoms with van der Waals surface area (Å²) in [7, 11) is 0. The molecular formula is C5H5N5O4. The summed E-state index contributed by atoms with van der Waals surface area (Å²) in [5.41, 5.74) is 0. The van der Waals surface area contributed by atoms with E-state index in [-0.39, 0.29) is 5.96 Å². The zero-order valence-corrected chi connectivity index (χ0v) is 6.67. The molecule has 1 aliphatic heterocycles. The lowest BCUT2D eigenvalue weighted by atomic mass is 10.2. The molecule has 1 rings (SSSR count). The molecule has 74 valence electrons. The molecule has 1 amide bonds. The molecule has 1 aliphatic rings. The fourth-order valence-electron chi connectivity index (χ4n) is 0.882. The summed E-state index contributed by atoms with van der Waals surface area (Å²) in [4.78, 5) is 23.6. The minimum atomic E-state index is -1.83. The molecule has 0 aromatic heterocycles. The van der Waals surface area contributed by atoms with Crippen LogP contribution in [0.5, 0.6) is 0 Å². The number of aliphatic hydroxyl groups is 1. The Bertz CT molecular complexity index is 345. The normalized spacial score (nSPS) is 25.7. The first-order valence-electron chi connectivity index (χ1n) is 3.41.